The zero-order valence-corrected chi connectivity index (χ0v) is 14.3. The molecule has 0 atom stereocenters. The van der Waals surface area contributed by atoms with Gasteiger partial charge in [0.05, 0.1) is 11.9 Å². The molecule has 0 spiro atoms. The first-order valence-corrected chi connectivity index (χ1v) is 8.21. The predicted octanol–water partition coefficient (Wildman–Crippen LogP) is 5.13. The lowest BCUT2D eigenvalue weighted by Crippen LogP contribution is -1.85. The summed E-state index contributed by atoms with van der Waals surface area (Å²) in [5, 5.41) is 7.67. The van der Waals surface area contributed by atoms with Gasteiger partial charge in [-0.2, -0.15) is 5.10 Å². The summed E-state index contributed by atoms with van der Waals surface area (Å²) in [7, 11) is 0. The number of H-pyrrole nitrogens is 2. The van der Waals surface area contributed by atoms with Gasteiger partial charge in [0, 0.05) is 23.3 Å². The Labute approximate surface area is 138 Å². The van der Waals surface area contributed by atoms with Gasteiger partial charge in [-0.3, -0.25) is 5.10 Å². The fourth-order valence-electron chi connectivity index (χ4n) is 1.73. The van der Waals surface area contributed by atoms with Crippen LogP contribution < -0.4 is 0 Å². The van der Waals surface area contributed by atoms with Crippen molar-refractivity contribution in [3.63, 3.8) is 0 Å². The Morgan fingerprint density at radius 2 is 1.78 bits per heavy atom. The molecule has 0 saturated heterocycles. The van der Waals surface area contributed by atoms with Gasteiger partial charge in [0.25, 0.3) is 0 Å². The van der Waals surface area contributed by atoms with Crippen LogP contribution in [-0.4, -0.2) is 25.1 Å². The Morgan fingerprint density at radius 1 is 1.13 bits per heavy atom. The molecule has 1 saturated carbocycles. The number of aromatic nitrogens is 5. The molecule has 0 amide bonds. The molecule has 0 aliphatic heterocycles. The molecule has 4 rings (SSSR count). The van der Waals surface area contributed by atoms with Crippen molar-refractivity contribution in [3.8, 4) is 11.3 Å². The minimum absolute atomic E-state index is 0.844. The van der Waals surface area contributed by atoms with Crippen LogP contribution in [0.15, 0.2) is 43.6 Å². The summed E-state index contributed by atoms with van der Waals surface area (Å²) < 4.78 is 0. The molecule has 1 aliphatic rings. The summed E-state index contributed by atoms with van der Waals surface area (Å²) in [4.78, 5) is 11.4. The van der Waals surface area contributed by atoms with Gasteiger partial charge in [0.15, 0.2) is 0 Å². The van der Waals surface area contributed by atoms with E-state index in [0.29, 0.717) is 0 Å². The van der Waals surface area contributed by atoms with Crippen LogP contribution in [0.25, 0.3) is 22.3 Å². The van der Waals surface area contributed by atoms with Crippen LogP contribution in [0.4, 0.5) is 0 Å². The lowest BCUT2D eigenvalue weighted by molar-refractivity contribution is 0.504. The van der Waals surface area contributed by atoms with Crippen molar-refractivity contribution in [2.45, 2.75) is 46.5 Å². The Bertz CT molecular complexity index is 647. The molecule has 5 heteroatoms. The van der Waals surface area contributed by atoms with Crippen molar-refractivity contribution in [2.75, 3.05) is 0 Å². The summed E-state index contributed by atoms with van der Waals surface area (Å²) in [5.41, 5.74) is 2.71. The minimum atomic E-state index is 0.844. The Balaban J connectivity index is 0.000000246. The first kappa shape index (κ1) is 18.6. The van der Waals surface area contributed by atoms with Crippen LogP contribution in [-0.2, 0) is 0 Å². The third-order valence-electron chi connectivity index (χ3n) is 3.13. The molecule has 124 valence electrons. The van der Waals surface area contributed by atoms with Crippen molar-refractivity contribution < 1.29 is 0 Å². The van der Waals surface area contributed by atoms with Crippen LogP contribution in [0.1, 0.15) is 46.5 Å². The molecule has 1 fully saturated rings. The molecule has 0 unspecified atom stereocenters. The zero-order chi connectivity index (χ0) is 16.9. The maximum atomic E-state index is 4.23. The van der Waals surface area contributed by atoms with Crippen molar-refractivity contribution >= 4 is 11.0 Å². The largest absolute Gasteiger partial charge is 0.346 e. The van der Waals surface area contributed by atoms with Gasteiger partial charge < -0.3 is 4.98 Å². The van der Waals surface area contributed by atoms with Gasteiger partial charge in [-0.05, 0) is 13.0 Å². The van der Waals surface area contributed by atoms with E-state index in [1.165, 1.54) is 25.7 Å². The van der Waals surface area contributed by atoms with Gasteiger partial charge in [0.1, 0.15) is 12.0 Å². The van der Waals surface area contributed by atoms with Crippen LogP contribution >= 0.6 is 0 Å². The number of nitrogens with one attached hydrogen (secondary N) is 2. The Kier molecular flexibility index (Phi) is 9.05. The molecular formula is C18H27N5. The maximum absolute atomic E-state index is 4.23. The molecule has 3 heterocycles. The van der Waals surface area contributed by atoms with E-state index in [2.05, 4.69) is 31.7 Å². The molecule has 0 aromatic carbocycles. The second-order valence-corrected chi connectivity index (χ2v) is 4.77. The normalized spacial score (nSPS) is 11.6. The lowest BCUT2D eigenvalue weighted by Gasteiger charge is -2.05. The van der Waals surface area contributed by atoms with E-state index in [1.54, 1.807) is 18.6 Å². The fourth-order valence-corrected chi connectivity index (χ4v) is 1.73. The monoisotopic (exact) mass is 313 g/mol. The third kappa shape index (κ3) is 5.70. The van der Waals surface area contributed by atoms with Gasteiger partial charge >= 0.3 is 0 Å². The molecule has 0 radical (unpaired) electrons. The number of fused-ring (bicyclic) bond motifs is 1. The van der Waals surface area contributed by atoms with E-state index < -0.39 is 0 Å². The van der Waals surface area contributed by atoms with E-state index >= 15 is 0 Å². The summed E-state index contributed by atoms with van der Waals surface area (Å²) in [5.74, 6) is 0. The lowest BCUT2D eigenvalue weighted by atomic mass is 10.0. The number of allylic oxidation sites excluding steroid dienone is 1. The van der Waals surface area contributed by atoms with Crippen LogP contribution in [0, 0.1) is 0 Å². The summed E-state index contributed by atoms with van der Waals surface area (Å²) in [6.45, 7) is 9.25. The van der Waals surface area contributed by atoms with Crippen molar-refractivity contribution in [1.82, 2.24) is 25.1 Å². The second-order valence-electron chi connectivity index (χ2n) is 4.77. The van der Waals surface area contributed by atoms with E-state index in [1.807, 2.05) is 39.2 Å². The number of nitrogens with zero attached hydrogens (tertiary/aromatic N) is 3. The summed E-state index contributed by atoms with van der Waals surface area (Å²) in [6, 6.07) is 1.96. The van der Waals surface area contributed by atoms with E-state index in [9.17, 15) is 0 Å². The molecule has 3 aromatic heterocycles. The van der Waals surface area contributed by atoms with Crippen LogP contribution in [0.5, 0.6) is 0 Å². The number of hydrogen-bond acceptors (Lipinski definition) is 3. The van der Waals surface area contributed by atoms with Gasteiger partial charge in [0.2, 0.25) is 0 Å². The molecule has 5 nitrogen and oxygen atoms in total. The van der Waals surface area contributed by atoms with E-state index in [4.69, 9.17) is 0 Å². The van der Waals surface area contributed by atoms with Crippen molar-refractivity contribution in [2.24, 2.45) is 0 Å². The first-order valence-electron chi connectivity index (χ1n) is 8.21. The quantitative estimate of drug-likeness (QED) is 0.612. The SMILES string of the molecule is C1CCC1.C=CC.CC.c1nc(-c2cn[nH]c2)c2cc[nH]c2n1. The number of rotatable bonds is 1. The fraction of sp³-hybridized carbons (Fsp3) is 0.389. The molecule has 0 bridgehead atoms. The Morgan fingerprint density at radius 3 is 2.30 bits per heavy atom. The predicted molar refractivity (Wildman–Crippen MR) is 97.2 cm³/mol. The number of aromatic amines is 2. The topological polar surface area (TPSA) is 70.2 Å². The molecule has 1 aliphatic carbocycles. The zero-order valence-electron chi connectivity index (χ0n) is 14.3. The Hall–Kier alpha value is -2.43. The average Bonchev–Trinajstić information content (AvgIpc) is 3.19. The maximum Gasteiger partial charge on any atom is 0.141 e. The second kappa shape index (κ2) is 11.2. The highest BCUT2D eigenvalue weighted by atomic mass is 15.1. The van der Waals surface area contributed by atoms with E-state index in [-0.39, 0.29) is 0 Å². The first-order chi connectivity index (χ1) is 11.4. The molecular weight excluding hydrogens is 286 g/mol. The highest BCUT2D eigenvalue weighted by Crippen LogP contribution is 2.22. The van der Waals surface area contributed by atoms with Crippen molar-refractivity contribution in [3.05, 3.63) is 43.6 Å². The van der Waals surface area contributed by atoms with Crippen LogP contribution in [0.3, 0.4) is 0 Å². The van der Waals surface area contributed by atoms with Gasteiger partial charge in [-0.1, -0.05) is 45.6 Å². The van der Waals surface area contributed by atoms with Crippen LogP contribution in [0.2, 0.25) is 0 Å². The van der Waals surface area contributed by atoms with Gasteiger partial charge in [-0.15, -0.1) is 6.58 Å². The minimum Gasteiger partial charge on any atom is -0.346 e. The summed E-state index contributed by atoms with van der Waals surface area (Å²) >= 11 is 0. The third-order valence-corrected chi connectivity index (χ3v) is 3.13. The smallest absolute Gasteiger partial charge is 0.141 e. The molecule has 23 heavy (non-hydrogen) atoms. The average molecular weight is 313 g/mol. The van der Waals surface area contributed by atoms with Gasteiger partial charge in [-0.25, -0.2) is 9.97 Å². The van der Waals surface area contributed by atoms with E-state index in [0.717, 1.165) is 22.3 Å². The standard InChI is InChI=1S/C9H7N5.C4H8.C3H6.C2H6/c1-2-10-9-7(1)8(11-5-12-9)6-3-13-14-4-6;1-2-4-3-1;1-3-2;1-2/h1-5H,(H,13,14)(H,10,11,12);1-4H2;3H,1H2,2H3;1-2H3. The molecule has 3 aromatic rings. The molecule has 2 N–H and O–H groups in total. The highest BCUT2D eigenvalue weighted by molar-refractivity contribution is 5.89. The number of hydrogen-bond donors (Lipinski definition) is 2. The highest BCUT2D eigenvalue weighted by Gasteiger charge is 2.06. The van der Waals surface area contributed by atoms with Crippen molar-refractivity contribution in [1.29, 1.82) is 0 Å². The summed E-state index contributed by atoms with van der Waals surface area (Å²) in [6.07, 6.45) is 14.7.